The molecule has 2 aromatic rings. The van der Waals surface area contributed by atoms with Crippen molar-refractivity contribution in [3.05, 3.63) is 65.7 Å². The maximum atomic E-state index is 11.6. The number of benzene rings is 2. The van der Waals surface area contributed by atoms with E-state index >= 15 is 0 Å². The third-order valence-corrected chi connectivity index (χ3v) is 6.68. The predicted molar refractivity (Wildman–Crippen MR) is 138 cm³/mol. The van der Waals surface area contributed by atoms with Crippen molar-refractivity contribution in [2.24, 2.45) is 4.99 Å². The van der Waals surface area contributed by atoms with Gasteiger partial charge >= 0.3 is 0 Å². The largest absolute Gasteiger partial charge is 0.356 e. The molecule has 2 atom stereocenters. The van der Waals surface area contributed by atoms with Gasteiger partial charge in [-0.05, 0) is 43.0 Å². The number of sulfone groups is 1. The normalized spacial score (nSPS) is 19.6. The monoisotopic (exact) mass is 556 g/mol. The standard InChI is InChI=1S/C23H32N4O2S.HI/c1-18-15-21(17-27(18)16-20-7-5-4-6-8-20)26-23(24-2)25-14-13-19-9-11-22(12-10-19)30(3,28)29;/h4-12,18,21H,13-17H2,1-3H3,(H2,24,25,26);1H. The van der Waals surface area contributed by atoms with Gasteiger partial charge < -0.3 is 10.6 Å². The number of hydrogen-bond donors (Lipinski definition) is 2. The molecule has 8 heteroatoms. The minimum Gasteiger partial charge on any atom is -0.356 e. The van der Waals surface area contributed by atoms with E-state index in [1.807, 2.05) is 12.1 Å². The van der Waals surface area contributed by atoms with Crippen LogP contribution in [0.4, 0.5) is 0 Å². The van der Waals surface area contributed by atoms with E-state index in [0.29, 0.717) is 17.0 Å². The van der Waals surface area contributed by atoms with Crippen LogP contribution in [0.2, 0.25) is 0 Å². The molecular weight excluding hydrogens is 523 g/mol. The van der Waals surface area contributed by atoms with Crippen LogP contribution >= 0.6 is 24.0 Å². The maximum absolute atomic E-state index is 11.6. The summed E-state index contributed by atoms with van der Waals surface area (Å²) in [5.41, 5.74) is 2.43. The van der Waals surface area contributed by atoms with E-state index in [9.17, 15) is 8.42 Å². The highest BCUT2D eigenvalue weighted by Crippen LogP contribution is 2.20. The second-order valence-corrected chi connectivity index (χ2v) is 10.0. The molecule has 0 aromatic heterocycles. The fourth-order valence-electron chi connectivity index (χ4n) is 3.86. The smallest absolute Gasteiger partial charge is 0.191 e. The predicted octanol–water partition coefficient (Wildman–Crippen LogP) is 3.08. The molecule has 3 rings (SSSR count). The highest BCUT2D eigenvalue weighted by molar-refractivity contribution is 14.0. The molecule has 2 unspecified atom stereocenters. The van der Waals surface area contributed by atoms with Crippen molar-refractivity contribution in [3.8, 4) is 0 Å². The number of nitrogens with one attached hydrogen (secondary N) is 2. The quantitative estimate of drug-likeness (QED) is 0.312. The molecule has 170 valence electrons. The number of halogens is 1. The van der Waals surface area contributed by atoms with E-state index < -0.39 is 9.84 Å². The molecule has 0 amide bonds. The Morgan fingerprint density at radius 2 is 1.77 bits per heavy atom. The van der Waals surface area contributed by atoms with Gasteiger partial charge in [-0.2, -0.15) is 0 Å². The first-order valence-electron chi connectivity index (χ1n) is 10.4. The molecule has 0 spiro atoms. The summed E-state index contributed by atoms with van der Waals surface area (Å²) in [4.78, 5) is 7.22. The Balaban J connectivity index is 0.00000341. The number of likely N-dealkylation sites (tertiary alicyclic amines) is 1. The average Bonchev–Trinajstić information content (AvgIpc) is 3.06. The van der Waals surface area contributed by atoms with Gasteiger partial charge in [0.15, 0.2) is 15.8 Å². The summed E-state index contributed by atoms with van der Waals surface area (Å²) < 4.78 is 23.1. The molecule has 0 radical (unpaired) electrons. The summed E-state index contributed by atoms with van der Waals surface area (Å²) in [6.45, 7) is 4.97. The zero-order valence-electron chi connectivity index (χ0n) is 18.4. The Kier molecular flexibility index (Phi) is 9.77. The first kappa shape index (κ1) is 25.6. The van der Waals surface area contributed by atoms with Gasteiger partial charge in [0, 0.05) is 45.0 Å². The molecule has 0 bridgehead atoms. The lowest BCUT2D eigenvalue weighted by molar-refractivity contribution is 0.258. The van der Waals surface area contributed by atoms with Crippen molar-refractivity contribution in [2.45, 2.75) is 43.3 Å². The van der Waals surface area contributed by atoms with Crippen LogP contribution in [0.5, 0.6) is 0 Å². The molecule has 1 aliphatic rings. The van der Waals surface area contributed by atoms with E-state index in [1.165, 1.54) is 11.8 Å². The molecule has 1 aliphatic heterocycles. The van der Waals surface area contributed by atoms with Crippen molar-refractivity contribution in [3.63, 3.8) is 0 Å². The molecule has 1 fully saturated rings. The van der Waals surface area contributed by atoms with Crippen LogP contribution in [-0.4, -0.2) is 57.8 Å². The van der Waals surface area contributed by atoms with Crippen molar-refractivity contribution >= 4 is 39.8 Å². The van der Waals surface area contributed by atoms with Crippen molar-refractivity contribution in [1.82, 2.24) is 15.5 Å². The number of nitrogens with zero attached hydrogens (tertiary/aromatic N) is 2. The lowest BCUT2D eigenvalue weighted by Crippen LogP contribution is -2.45. The summed E-state index contributed by atoms with van der Waals surface area (Å²) in [6.07, 6.45) is 3.11. The van der Waals surface area contributed by atoms with Gasteiger partial charge in [-0.15, -0.1) is 24.0 Å². The van der Waals surface area contributed by atoms with Gasteiger partial charge in [0.1, 0.15) is 0 Å². The van der Waals surface area contributed by atoms with E-state index in [2.05, 4.69) is 57.8 Å². The topological polar surface area (TPSA) is 73.8 Å². The summed E-state index contributed by atoms with van der Waals surface area (Å²) >= 11 is 0. The molecule has 6 nitrogen and oxygen atoms in total. The zero-order valence-corrected chi connectivity index (χ0v) is 21.6. The number of guanidine groups is 1. The highest BCUT2D eigenvalue weighted by Gasteiger charge is 2.29. The van der Waals surface area contributed by atoms with Crippen molar-refractivity contribution < 1.29 is 8.42 Å². The molecular formula is C23H33IN4O2S. The first-order chi connectivity index (χ1) is 14.3. The molecule has 0 saturated carbocycles. The SMILES string of the molecule is CN=C(NCCc1ccc(S(C)(=O)=O)cc1)NC1CC(C)N(Cc2ccccc2)C1.I. The third-order valence-electron chi connectivity index (χ3n) is 5.55. The van der Waals surface area contributed by atoms with Crippen LogP contribution in [-0.2, 0) is 22.8 Å². The summed E-state index contributed by atoms with van der Waals surface area (Å²) in [7, 11) is -1.36. The molecule has 0 aliphatic carbocycles. The molecule has 2 N–H and O–H groups in total. The minimum atomic E-state index is -3.15. The number of aliphatic imine (C=N–C) groups is 1. The highest BCUT2D eigenvalue weighted by atomic mass is 127. The fraction of sp³-hybridized carbons (Fsp3) is 0.435. The second-order valence-electron chi connectivity index (χ2n) is 8.01. The van der Waals surface area contributed by atoms with Crippen LogP contribution in [0.25, 0.3) is 0 Å². The lowest BCUT2D eigenvalue weighted by Gasteiger charge is -2.21. The van der Waals surface area contributed by atoms with Crippen LogP contribution in [0.1, 0.15) is 24.5 Å². The van der Waals surface area contributed by atoms with Gasteiger partial charge in [0.2, 0.25) is 0 Å². The van der Waals surface area contributed by atoms with Crippen LogP contribution in [0.3, 0.4) is 0 Å². The van der Waals surface area contributed by atoms with Crippen molar-refractivity contribution in [2.75, 3.05) is 26.4 Å². The molecule has 31 heavy (non-hydrogen) atoms. The fourth-order valence-corrected chi connectivity index (χ4v) is 4.49. The lowest BCUT2D eigenvalue weighted by atomic mass is 10.1. The second kappa shape index (κ2) is 11.8. The Morgan fingerprint density at radius 1 is 1.10 bits per heavy atom. The van der Waals surface area contributed by atoms with Gasteiger partial charge in [0.05, 0.1) is 4.90 Å². The van der Waals surface area contributed by atoms with Gasteiger partial charge in [-0.3, -0.25) is 9.89 Å². The van der Waals surface area contributed by atoms with Crippen molar-refractivity contribution in [1.29, 1.82) is 0 Å². The van der Waals surface area contributed by atoms with Gasteiger partial charge in [-0.1, -0.05) is 42.5 Å². The Labute approximate surface area is 203 Å². The van der Waals surface area contributed by atoms with Crippen LogP contribution in [0.15, 0.2) is 64.5 Å². The van der Waals surface area contributed by atoms with Gasteiger partial charge in [-0.25, -0.2) is 8.42 Å². The zero-order chi connectivity index (χ0) is 21.6. The maximum Gasteiger partial charge on any atom is 0.191 e. The number of hydrogen-bond acceptors (Lipinski definition) is 4. The average molecular weight is 557 g/mol. The molecule has 1 saturated heterocycles. The van der Waals surface area contributed by atoms with E-state index in [0.717, 1.165) is 44.0 Å². The summed E-state index contributed by atoms with van der Waals surface area (Å²) in [5, 5.41) is 6.92. The summed E-state index contributed by atoms with van der Waals surface area (Å²) in [6, 6.07) is 18.5. The Hall–Kier alpha value is -1.65. The Bertz CT molecular complexity index is 949. The Morgan fingerprint density at radius 3 is 2.39 bits per heavy atom. The van der Waals surface area contributed by atoms with E-state index in [4.69, 9.17) is 0 Å². The first-order valence-corrected chi connectivity index (χ1v) is 12.3. The minimum absolute atomic E-state index is 0. The van der Waals surface area contributed by atoms with Gasteiger partial charge in [0.25, 0.3) is 0 Å². The molecule has 2 aromatic carbocycles. The van der Waals surface area contributed by atoms with Crippen LogP contribution < -0.4 is 10.6 Å². The molecule has 1 heterocycles. The summed E-state index contributed by atoms with van der Waals surface area (Å²) in [5.74, 6) is 0.807. The van der Waals surface area contributed by atoms with E-state index in [1.54, 1.807) is 19.2 Å². The number of rotatable bonds is 7. The van der Waals surface area contributed by atoms with E-state index in [-0.39, 0.29) is 24.0 Å². The third kappa shape index (κ3) is 7.76. The van der Waals surface area contributed by atoms with Crippen LogP contribution in [0, 0.1) is 0 Å².